The highest BCUT2D eigenvalue weighted by Gasteiger charge is 2.18. The van der Waals surface area contributed by atoms with E-state index >= 15 is 0 Å². The third-order valence-corrected chi connectivity index (χ3v) is 4.74. The summed E-state index contributed by atoms with van der Waals surface area (Å²) in [7, 11) is -3.95. The van der Waals surface area contributed by atoms with Gasteiger partial charge in [0.1, 0.15) is 5.82 Å². The standard InChI is InChI=1S/C13H11Cl2FN2O2S/c14-9-1-3-10(4-2-9)18-21(19,20)11-5-8(7-17)13(15)12(16)6-11/h1-6,18H,7,17H2. The Bertz CT molecular complexity index is 764. The van der Waals surface area contributed by atoms with E-state index in [0.717, 1.165) is 6.07 Å². The molecule has 0 aliphatic heterocycles. The van der Waals surface area contributed by atoms with Crippen LogP contribution in [0.4, 0.5) is 10.1 Å². The molecule has 0 aromatic heterocycles. The lowest BCUT2D eigenvalue weighted by molar-refractivity contribution is 0.594. The van der Waals surface area contributed by atoms with Crippen molar-refractivity contribution in [1.82, 2.24) is 0 Å². The van der Waals surface area contributed by atoms with Gasteiger partial charge in [0.25, 0.3) is 10.0 Å². The van der Waals surface area contributed by atoms with Crippen LogP contribution in [0.3, 0.4) is 0 Å². The monoisotopic (exact) mass is 348 g/mol. The molecule has 112 valence electrons. The number of hydrogen-bond acceptors (Lipinski definition) is 3. The van der Waals surface area contributed by atoms with Crippen molar-refractivity contribution >= 4 is 38.9 Å². The molecule has 0 saturated heterocycles. The van der Waals surface area contributed by atoms with E-state index in [4.69, 9.17) is 28.9 Å². The Morgan fingerprint density at radius 3 is 2.33 bits per heavy atom. The van der Waals surface area contributed by atoms with Crippen molar-refractivity contribution in [2.45, 2.75) is 11.4 Å². The lowest BCUT2D eigenvalue weighted by atomic mass is 10.2. The fraction of sp³-hybridized carbons (Fsp3) is 0.0769. The average molecular weight is 349 g/mol. The van der Waals surface area contributed by atoms with Gasteiger partial charge in [-0.1, -0.05) is 23.2 Å². The van der Waals surface area contributed by atoms with Gasteiger partial charge < -0.3 is 5.73 Å². The van der Waals surface area contributed by atoms with Crippen molar-refractivity contribution in [1.29, 1.82) is 0 Å². The number of anilines is 1. The predicted molar refractivity (Wildman–Crippen MR) is 81.6 cm³/mol. The molecule has 0 aliphatic rings. The third-order valence-electron chi connectivity index (χ3n) is 2.70. The quantitative estimate of drug-likeness (QED) is 0.889. The zero-order chi connectivity index (χ0) is 15.6. The molecule has 0 heterocycles. The molecule has 0 spiro atoms. The molecule has 4 nitrogen and oxygen atoms in total. The number of sulfonamides is 1. The second-order valence-corrected chi connectivity index (χ2v) is 6.69. The largest absolute Gasteiger partial charge is 0.326 e. The van der Waals surface area contributed by atoms with Gasteiger partial charge in [-0.3, -0.25) is 4.72 Å². The highest BCUT2D eigenvalue weighted by Crippen LogP contribution is 2.25. The predicted octanol–water partition coefficient (Wildman–Crippen LogP) is 3.39. The Balaban J connectivity index is 2.40. The lowest BCUT2D eigenvalue weighted by Crippen LogP contribution is -2.14. The van der Waals surface area contributed by atoms with Gasteiger partial charge in [-0.25, -0.2) is 12.8 Å². The zero-order valence-electron chi connectivity index (χ0n) is 10.6. The number of nitrogens with two attached hydrogens (primary N) is 1. The average Bonchev–Trinajstić information content (AvgIpc) is 2.44. The summed E-state index contributed by atoms with van der Waals surface area (Å²) in [5, 5.41) is 0.295. The van der Waals surface area contributed by atoms with Crippen molar-refractivity contribution in [3.63, 3.8) is 0 Å². The van der Waals surface area contributed by atoms with Gasteiger partial charge in [-0.15, -0.1) is 0 Å². The molecule has 0 saturated carbocycles. The summed E-state index contributed by atoms with van der Waals surface area (Å²) in [6, 6.07) is 8.15. The fourth-order valence-electron chi connectivity index (χ4n) is 1.65. The van der Waals surface area contributed by atoms with E-state index < -0.39 is 15.8 Å². The minimum Gasteiger partial charge on any atom is -0.326 e. The first kappa shape index (κ1) is 16.0. The number of benzene rings is 2. The van der Waals surface area contributed by atoms with Crippen molar-refractivity contribution in [3.8, 4) is 0 Å². The molecule has 0 fully saturated rings. The molecule has 2 aromatic carbocycles. The van der Waals surface area contributed by atoms with E-state index in [2.05, 4.69) is 4.72 Å². The molecule has 0 amide bonds. The molecule has 0 unspecified atom stereocenters. The Kier molecular flexibility index (Phi) is 4.73. The molecule has 0 aliphatic carbocycles. The Morgan fingerprint density at radius 2 is 1.76 bits per heavy atom. The van der Waals surface area contributed by atoms with Crippen molar-refractivity contribution < 1.29 is 12.8 Å². The van der Waals surface area contributed by atoms with E-state index in [0.29, 0.717) is 10.7 Å². The van der Waals surface area contributed by atoms with Crippen LogP contribution in [-0.2, 0) is 16.6 Å². The number of rotatable bonds is 4. The summed E-state index contributed by atoms with van der Waals surface area (Å²) in [6.45, 7) is -0.0694. The van der Waals surface area contributed by atoms with Crippen LogP contribution in [0, 0.1) is 5.82 Å². The van der Waals surface area contributed by atoms with Crippen molar-refractivity contribution in [2.75, 3.05) is 4.72 Å². The summed E-state index contributed by atoms with van der Waals surface area (Å²) < 4.78 is 40.4. The summed E-state index contributed by atoms with van der Waals surface area (Å²) in [5.74, 6) is -0.837. The zero-order valence-corrected chi connectivity index (χ0v) is 12.9. The second kappa shape index (κ2) is 6.19. The molecule has 2 aromatic rings. The van der Waals surface area contributed by atoms with Gasteiger partial charge in [0, 0.05) is 17.3 Å². The van der Waals surface area contributed by atoms with Crippen molar-refractivity contribution in [3.05, 3.63) is 57.8 Å². The first-order valence-electron chi connectivity index (χ1n) is 5.80. The summed E-state index contributed by atoms with van der Waals surface area (Å²) in [4.78, 5) is -0.250. The summed E-state index contributed by atoms with van der Waals surface area (Å²) >= 11 is 11.4. The van der Waals surface area contributed by atoms with Gasteiger partial charge >= 0.3 is 0 Å². The van der Waals surface area contributed by atoms with E-state index in [1.165, 1.54) is 30.3 Å². The van der Waals surface area contributed by atoms with Crippen LogP contribution in [0.5, 0.6) is 0 Å². The Hall–Kier alpha value is -1.34. The molecule has 21 heavy (non-hydrogen) atoms. The van der Waals surface area contributed by atoms with Crippen LogP contribution < -0.4 is 10.5 Å². The van der Waals surface area contributed by atoms with Crippen LogP contribution in [-0.4, -0.2) is 8.42 Å². The first-order chi connectivity index (χ1) is 9.83. The summed E-state index contributed by atoms with van der Waals surface area (Å²) in [6.07, 6.45) is 0. The second-order valence-electron chi connectivity index (χ2n) is 4.19. The molecular weight excluding hydrogens is 338 g/mol. The van der Waals surface area contributed by atoms with Gasteiger partial charge in [-0.05, 0) is 42.0 Å². The van der Waals surface area contributed by atoms with E-state index in [1.54, 1.807) is 0 Å². The number of hydrogen-bond donors (Lipinski definition) is 2. The van der Waals surface area contributed by atoms with Crippen LogP contribution in [0.15, 0.2) is 41.3 Å². The van der Waals surface area contributed by atoms with Gasteiger partial charge in [0.05, 0.1) is 9.92 Å². The van der Waals surface area contributed by atoms with Gasteiger partial charge in [0.15, 0.2) is 0 Å². The maximum atomic E-state index is 13.7. The number of halogens is 3. The molecule has 8 heteroatoms. The minimum absolute atomic E-state index is 0.0694. The molecule has 0 atom stereocenters. The van der Waals surface area contributed by atoms with Gasteiger partial charge in [0.2, 0.25) is 0 Å². The van der Waals surface area contributed by atoms with Crippen molar-refractivity contribution in [2.24, 2.45) is 5.73 Å². The molecule has 2 rings (SSSR count). The van der Waals surface area contributed by atoms with E-state index in [1.807, 2.05) is 0 Å². The Labute approximate surface area is 131 Å². The van der Waals surface area contributed by atoms with Crippen LogP contribution >= 0.6 is 23.2 Å². The summed E-state index contributed by atoms with van der Waals surface area (Å²) in [5.41, 5.74) is 5.95. The van der Waals surface area contributed by atoms with Gasteiger partial charge in [-0.2, -0.15) is 0 Å². The number of nitrogens with one attached hydrogen (secondary N) is 1. The molecule has 3 N–H and O–H groups in total. The van der Waals surface area contributed by atoms with Crippen LogP contribution in [0.1, 0.15) is 5.56 Å². The SMILES string of the molecule is NCc1cc(S(=O)(=O)Nc2ccc(Cl)cc2)cc(F)c1Cl. The van der Waals surface area contributed by atoms with Crippen LogP contribution in [0.25, 0.3) is 0 Å². The molecule has 0 bridgehead atoms. The van der Waals surface area contributed by atoms with E-state index in [9.17, 15) is 12.8 Å². The third kappa shape index (κ3) is 3.65. The topological polar surface area (TPSA) is 72.2 Å². The smallest absolute Gasteiger partial charge is 0.262 e. The van der Waals surface area contributed by atoms with Crippen LogP contribution in [0.2, 0.25) is 10.0 Å². The normalized spacial score (nSPS) is 11.4. The highest BCUT2D eigenvalue weighted by atomic mass is 35.5. The fourth-order valence-corrected chi connectivity index (χ4v) is 3.09. The molecule has 0 radical (unpaired) electrons. The maximum Gasteiger partial charge on any atom is 0.262 e. The molecular formula is C13H11Cl2FN2O2S. The maximum absolute atomic E-state index is 13.7. The first-order valence-corrected chi connectivity index (χ1v) is 8.04. The minimum atomic E-state index is -3.95. The van der Waals surface area contributed by atoms with E-state index in [-0.39, 0.29) is 22.0 Å². The lowest BCUT2D eigenvalue weighted by Gasteiger charge is -2.10. The highest BCUT2D eigenvalue weighted by molar-refractivity contribution is 7.92. The Morgan fingerprint density at radius 1 is 1.14 bits per heavy atom.